The van der Waals surface area contributed by atoms with Crippen LogP contribution in [-0.4, -0.2) is 40.5 Å². The summed E-state index contributed by atoms with van der Waals surface area (Å²) in [4.78, 5) is 17.5. The number of benzene rings is 2. The van der Waals surface area contributed by atoms with Crippen LogP contribution in [0.1, 0.15) is 22.4 Å². The van der Waals surface area contributed by atoms with Crippen LogP contribution in [0, 0.1) is 27.7 Å². The third-order valence-corrected chi connectivity index (χ3v) is 6.55. The van der Waals surface area contributed by atoms with E-state index >= 15 is 0 Å². The summed E-state index contributed by atoms with van der Waals surface area (Å²) in [6.45, 7) is 8.02. The Morgan fingerprint density at radius 1 is 1.00 bits per heavy atom. The molecule has 8 heteroatoms. The van der Waals surface area contributed by atoms with Gasteiger partial charge in [0.1, 0.15) is 5.03 Å². The molecule has 0 aliphatic heterocycles. The number of carbonyl (C=O) groups is 1. The number of aromatic nitrogens is 3. The number of aryl methyl sites for hydroxylation is 4. The lowest BCUT2D eigenvalue weighted by Crippen LogP contribution is -2.16. The molecule has 0 bridgehead atoms. The van der Waals surface area contributed by atoms with Crippen molar-refractivity contribution in [3.63, 3.8) is 0 Å². The number of rotatable bonds is 7. The number of ether oxygens (including phenoxy) is 2. The van der Waals surface area contributed by atoms with Crippen molar-refractivity contribution >= 4 is 29.0 Å². The summed E-state index contributed by atoms with van der Waals surface area (Å²) in [5.41, 5.74) is 7.55. The van der Waals surface area contributed by atoms with Gasteiger partial charge in [-0.1, -0.05) is 35.5 Å². The Labute approximate surface area is 203 Å². The van der Waals surface area contributed by atoms with Crippen LogP contribution in [0.3, 0.4) is 0 Å². The number of fused-ring (bicyclic) bond motifs is 1. The van der Waals surface area contributed by atoms with E-state index in [1.807, 2.05) is 45.0 Å². The topological polar surface area (TPSA) is 77.8 Å². The van der Waals surface area contributed by atoms with Gasteiger partial charge in [-0.05, 0) is 62.6 Å². The van der Waals surface area contributed by atoms with Crippen LogP contribution >= 0.6 is 11.8 Å². The molecule has 2 aromatic heterocycles. The molecule has 0 radical (unpaired) electrons. The van der Waals surface area contributed by atoms with Crippen molar-refractivity contribution in [1.82, 2.24) is 14.6 Å². The number of methoxy groups -OCH3 is 2. The van der Waals surface area contributed by atoms with E-state index in [1.165, 1.54) is 17.3 Å². The molecular weight excluding hydrogens is 448 g/mol. The van der Waals surface area contributed by atoms with E-state index in [2.05, 4.69) is 29.5 Å². The smallest absolute Gasteiger partial charge is 0.234 e. The zero-order valence-electron chi connectivity index (χ0n) is 20.2. The normalized spacial score (nSPS) is 11.0. The van der Waals surface area contributed by atoms with Crippen LogP contribution in [-0.2, 0) is 4.79 Å². The van der Waals surface area contributed by atoms with Gasteiger partial charge < -0.3 is 14.8 Å². The molecule has 1 N–H and O–H groups in total. The predicted molar refractivity (Wildman–Crippen MR) is 136 cm³/mol. The van der Waals surface area contributed by atoms with Gasteiger partial charge in [-0.2, -0.15) is 5.10 Å². The highest BCUT2D eigenvalue weighted by molar-refractivity contribution is 7.99. The lowest BCUT2D eigenvalue weighted by Gasteiger charge is -2.13. The monoisotopic (exact) mass is 476 g/mol. The zero-order chi connectivity index (χ0) is 24.4. The van der Waals surface area contributed by atoms with E-state index in [4.69, 9.17) is 14.5 Å². The maximum atomic E-state index is 12.8. The number of carbonyl (C=O) groups excluding carboxylic acids is 1. The average Bonchev–Trinajstić information content (AvgIpc) is 3.23. The fourth-order valence-electron chi connectivity index (χ4n) is 4.05. The predicted octanol–water partition coefficient (Wildman–Crippen LogP) is 5.38. The van der Waals surface area contributed by atoms with E-state index in [1.54, 1.807) is 24.9 Å². The van der Waals surface area contributed by atoms with Crippen molar-refractivity contribution < 1.29 is 14.3 Å². The lowest BCUT2D eigenvalue weighted by molar-refractivity contribution is -0.113. The summed E-state index contributed by atoms with van der Waals surface area (Å²) in [5, 5.41) is 8.47. The molecule has 4 rings (SSSR count). The van der Waals surface area contributed by atoms with Crippen molar-refractivity contribution in [2.24, 2.45) is 0 Å². The second kappa shape index (κ2) is 9.77. The van der Waals surface area contributed by atoms with Crippen LogP contribution in [0.25, 0.3) is 16.8 Å². The van der Waals surface area contributed by atoms with E-state index in [0.29, 0.717) is 11.5 Å². The van der Waals surface area contributed by atoms with Gasteiger partial charge in [0.05, 0.1) is 26.2 Å². The Morgan fingerprint density at radius 3 is 2.38 bits per heavy atom. The molecule has 176 valence electrons. The van der Waals surface area contributed by atoms with E-state index in [-0.39, 0.29) is 11.7 Å². The number of thioether (sulfide) groups is 1. The van der Waals surface area contributed by atoms with Crippen LogP contribution in [0.2, 0.25) is 0 Å². The Hall–Kier alpha value is -3.52. The maximum Gasteiger partial charge on any atom is 0.234 e. The maximum absolute atomic E-state index is 12.8. The molecule has 0 aliphatic carbocycles. The lowest BCUT2D eigenvalue weighted by atomic mass is 10.1. The molecule has 0 saturated heterocycles. The van der Waals surface area contributed by atoms with Crippen LogP contribution in [0.5, 0.6) is 11.5 Å². The minimum Gasteiger partial charge on any atom is -0.493 e. The van der Waals surface area contributed by atoms with Gasteiger partial charge in [0.2, 0.25) is 5.91 Å². The molecule has 0 saturated carbocycles. The highest BCUT2D eigenvalue weighted by atomic mass is 32.2. The molecule has 1 amide bonds. The summed E-state index contributed by atoms with van der Waals surface area (Å²) >= 11 is 1.43. The molecule has 34 heavy (non-hydrogen) atoms. The summed E-state index contributed by atoms with van der Waals surface area (Å²) in [6.07, 6.45) is 1.78. The van der Waals surface area contributed by atoms with E-state index in [9.17, 15) is 4.79 Å². The van der Waals surface area contributed by atoms with Crippen LogP contribution in [0.15, 0.2) is 47.6 Å². The Morgan fingerprint density at radius 2 is 1.71 bits per heavy atom. The van der Waals surface area contributed by atoms with Crippen LogP contribution < -0.4 is 14.8 Å². The van der Waals surface area contributed by atoms with Crippen molar-refractivity contribution in [3.05, 3.63) is 65.0 Å². The molecule has 2 aromatic carbocycles. The highest BCUT2D eigenvalue weighted by Crippen LogP contribution is 2.34. The first-order chi connectivity index (χ1) is 16.3. The number of nitrogens with zero attached hydrogens (tertiary/aromatic N) is 3. The Bertz CT molecular complexity index is 1360. The fourth-order valence-corrected chi connectivity index (χ4v) is 4.91. The number of anilines is 1. The van der Waals surface area contributed by atoms with Gasteiger partial charge >= 0.3 is 0 Å². The minimum absolute atomic E-state index is 0.0602. The average molecular weight is 477 g/mol. The third kappa shape index (κ3) is 4.72. The van der Waals surface area contributed by atoms with Crippen LogP contribution in [0.4, 0.5) is 5.69 Å². The van der Waals surface area contributed by atoms with E-state index in [0.717, 1.165) is 44.3 Å². The van der Waals surface area contributed by atoms with Crippen molar-refractivity contribution in [2.75, 3.05) is 25.3 Å². The highest BCUT2D eigenvalue weighted by Gasteiger charge is 2.16. The molecule has 0 fully saturated rings. The molecule has 0 aliphatic rings. The van der Waals surface area contributed by atoms with Gasteiger partial charge in [0.25, 0.3) is 0 Å². The summed E-state index contributed by atoms with van der Waals surface area (Å²) in [7, 11) is 3.22. The number of amides is 1. The number of hydrogen-bond donors (Lipinski definition) is 1. The standard InChI is InChI=1S/C26H28N4O3S/c1-15-9-16(2)25(17(3)10-15)29-23(31)14-34-24-11-18(4)28-26-20(13-27-30(24)26)19-7-8-21(32-5)22(12-19)33-6/h7-13H,14H2,1-6H3,(H,29,31). The zero-order valence-corrected chi connectivity index (χ0v) is 21.0. The molecule has 7 nitrogen and oxygen atoms in total. The molecule has 0 unspecified atom stereocenters. The largest absolute Gasteiger partial charge is 0.493 e. The number of nitrogens with one attached hydrogen (secondary N) is 1. The van der Waals surface area contributed by atoms with Gasteiger partial charge in [-0.3, -0.25) is 4.79 Å². The van der Waals surface area contributed by atoms with E-state index < -0.39 is 0 Å². The SMILES string of the molecule is COc1ccc(-c2cnn3c(SCC(=O)Nc4c(C)cc(C)cc4C)cc(C)nc23)cc1OC. The first-order valence-electron chi connectivity index (χ1n) is 10.9. The molecule has 4 aromatic rings. The van der Waals surface area contributed by atoms with Gasteiger partial charge in [-0.15, -0.1) is 0 Å². The fraction of sp³-hybridized carbons (Fsp3) is 0.269. The van der Waals surface area contributed by atoms with Gasteiger partial charge in [-0.25, -0.2) is 9.50 Å². The first kappa shape index (κ1) is 23.6. The summed E-state index contributed by atoms with van der Waals surface area (Å²) in [5.74, 6) is 1.50. The molecule has 2 heterocycles. The Balaban J connectivity index is 1.59. The molecule has 0 spiro atoms. The summed E-state index contributed by atoms with van der Waals surface area (Å²) in [6, 6.07) is 11.8. The Kier molecular flexibility index (Phi) is 6.79. The minimum atomic E-state index is -0.0602. The van der Waals surface area contributed by atoms with Crippen molar-refractivity contribution in [2.45, 2.75) is 32.7 Å². The first-order valence-corrected chi connectivity index (χ1v) is 11.9. The van der Waals surface area contributed by atoms with Crippen molar-refractivity contribution in [1.29, 1.82) is 0 Å². The van der Waals surface area contributed by atoms with Gasteiger partial charge in [0.15, 0.2) is 17.1 Å². The molecular formula is C26H28N4O3S. The second-order valence-electron chi connectivity index (χ2n) is 8.21. The summed E-state index contributed by atoms with van der Waals surface area (Å²) < 4.78 is 12.6. The van der Waals surface area contributed by atoms with Gasteiger partial charge in [0, 0.05) is 16.9 Å². The molecule has 0 atom stereocenters. The van der Waals surface area contributed by atoms with Crippen molar-refractivity contribution in [3.8, 4) is 22.6 Å². The second-order valence-corrected chi connectivity index (χ2v) is 9.21. The third-order valence-electron chi connectivity index (χ3n) is 5.55. The quantitative estimate of drug-likeness (QED) is 0.285. The number of hydrogen-bond acceptors (Lipinski definition) is 6.